The van der Waals surface area contributed by atoms with Crippen LogP contribution in [-0.4, -0.2) is 29.0 Å². The maximum absolute atomic E-state index is 14.0. The lowest BCUT2D eigenvalue weighted by molar-refractivity contribution is -0.123. The number of hydrogen-bond donors (Lipinski definition) is 0. The van der Waals surface area contributed by atoms with E-state index in [0.717, 1.165) is 16.8 Å². The van der Waals surface area contributed by atoms with Gasteiger partial charge >= 0.3 is 0 Å². The fraction of sp³-hybridized carbons (Fsp3) is 0.200. The van der Waals surface area contributed by atoms with Gasteiger partial charge in [-0.25, -0.2) is 0 Å². The maximum Gasteiger partial charge on any atom is 0.268 e. The third kappa shape index (κ3) is 3.24. The summed E-state index contributed by atoms with van der Waals surface area (Å²) in [7, 11) is 0. The zero-order valence-electron chi connectivity index (χ0n) is 17.0. The molecule has 2 aliphatic heterocycles. The molecule has 2 aliphatic rings. The van der Waals surface area contributed by atoms with Crippen LogP contribution in [0.15, 0.2) is 72.8 Å². The van der Waals surface area contributed by atoms with Gasteiger partial charge in [0.15, 0.2) is 4.87 Å². The number of rotatable bonds is 3. The molecule has 31 heavy (non-hydrogen) atoms. The number of benzene rings is 3. The summed E-state index contributed by atoms with van der Waals surface area (Å²) >= 11 is 7.87. The van der Waals surface area contributed by atoms with Crippen molar-refractivity contribution in [2.24, 2.45) is 0 Å². The number of nitrogens with zero attached hydrogens (tertiary/aromatic N) is 2. The molecule has 1 atom stereocenters. The Hall–Kier alpha value is -2.76. The molecule has 156 valence electrons. The Balaban J connectivity index is 1.60. The number of amides is 2. The Morgan fingerprint density at radius 2 is 1.81 bits per heavy atom. The molecule has 0 radical (unpaired) electrons. The van der Waals surface area contributed by atoms with E-state index in [2.05, 4.69) is 0 Å². The summed E-state index contributed by atoms with van der Waals surface area (Å²) in [5, 5.41) is 0.558. The lowest BCUT2D eigenvalue weighted by Gasteiger charge is -2.33. The van der Waals surface area contributed by atoms with Gasteiger partial charge in [0.2, 0.25) is 0 Å². The maximum atomic E-state index is 14.0. The van der Waals surface area contributed by atoms with Gasteiger partial charge in [0.25, 0.3) is 11.8 Å². The number of halogens is 1. The van der Waals surface area contributed by atoms with Crippen molar-refractivity contribution in [1.82, 2.24) is 4.90 Å². The second kappa shape index (κ2) is 7.74. The smallest absolute Gasteiger partial charge is 0.268 e. The monoisotopic (exact) mass is 448 g/mol. The molecule has 5 rings (SSSR count). The minimum atomic E-state index is -1.09. The molecule has 3 aromatic carbocycles. The Kier molecular flexibility index (Phi) is 5.03. The Morgan fingerprint density at radius 3 is 2.55 bits per heavy atom. The predicted octanol–water partition coefficient (Wildman–Crippen LogP) is 5.24. The second-order valence-electron chi connectivity index (χ2n) is 7.85. The molecule has 2 heterocycles. The minimum absolute atomic E-state index is 0.0860. The fourth-order valence-electron chi connectivity index (χ4n) is 4.36. The van der Waals surface area contributed by atoms with Crippen LogP contribution in [0.5, 0.6) is 0 Å². The van der Waals surface area contributed by atoms with Gasteiger partial charge in [-0.1, -0.05) is 59.6 Å². The zero-order valence-corrected chi connectivity index (χ0v) is 18.6. The summed E-state index contributed by atoms with van der Waals surface area (Å²) in [5.74, 6) is 0.466. The molecule has 0 bridgehead atoms. The van der Waals surface area contributed by atoms with Crippen LogP contribution < -0.4 is 4.90 Å². The highest BCUT2D eigenvalue weighted by Crippen LogP contribution is 2.55. The molecule has 1 fully saturated rings. The minimum Gasteiger partial charge on any atom is -0.311 e. The number of carbonyl (C=O) groups excluding carboxylic acids is 2. The summed E-state index contributed by atoms with van der Waals surface area (Å²) in [6.07, 6.45) is 0. The number of carbonyl (C=O) groups is 2. The Labute approximate surface area is 190 Å². The number of thioether (sulfide) groups is 1. The summed E-state index contributed by atoms with van der Waals surface area (Å²) in [6.45, 7) is 3.00. The molecule has 4 nitrogen and oxygen atoms in total. The second-order valence-corrected chi connectivity index (χ2v) is 9.58. The SMILES string of the molecule is Cc1ccc(CN2C(=O)[C@@]3(SCCN3C(=O)c3ccccc3)c3cc(Cl)ccc32)cc1. The Bertz CT molecular complexity index is 1170. The van der Waals surface area contributed by atoms with Gasteiger partial charge in [-0.3, -0.25) is 9.59 Å². The molecule has 0 unspecified atom stereocenters. The first-order valence-electron chi connectivity index (χ1n) is 10.2. The highest BCUT2D eigenvalue weighted by atomic mass is 35.5. The van der Waals surface area contributed by atoms with Gasteiger partial charge in [0.05, 0.1) is 12.2 Å². The topological polar surface area (TPSA) is 40.6 Å². The van der Waals surface area contributed by atoms with Crippen molar-refractivity contribution >= 4 is 40.9 Å². The number of anilines is 1. The molecule has 0 aliphatic carbocycles. The van der Waals surface area contributed by atoms with E-state index >= 15 is 0 Å². The van der Waals surface area contributed by atoms with Crippen LogP contribution in [-0.2, 0) is 16.2 Å². The van der Waals surface area contributed by atoms with Crippen LogP contribution in [0.4, 0.5) is 5.69 Å². The molecule has 1 saturated heterocycles. The van der Waals surface area contributed by atoms with Crippen molar-refractivity contribution in [3.05, 3.63) is 100 Å². The largest absolute Gasteiger partial charge is 0.311 e. The lowest BCUT2D eigenvalue weighted by atomic mass is 10.0. The fourth-order valence-corrected chi connectivity index (χ4v) is 5.98. The quantitative estimate of drug-likeness (QED) is 0.550. The van der Waals surface area contributed by atoms with Crippen LogP contribution in [0.2, 0.25) is 5.02 Å². The normalized spacial score (nSPS) is 19.9. The lowest BCUT2D eigenvalue weighted by Crippen LogP contribution is -2.50. The molecule has 2 amide bonds. The summed E-state index contributed by atoms with van der Waals surface area (Å²) in [6, 6.07) is 22.9. The van der Waals surface area contributed by atoms with Gasteiger partial charge in [0, 0.05) is 28.4 Å². The third-order valence-electron chi connectivity index (χ3n) is 5.88. The van der Waals surface area contributed by atoms with Crippen molar-refractivity contribution in [3.8, 4) is 0 Å². The van der Waals surface area contributed by atoms with Crippen LogP contribution in [0.3, 0.4) is 0 Å². The average Bonchev–Trinajstić information content (AvgIpc) is 3.32. The average molecular weight is 449 g/mol. The Morgan fingerprint density at radius 1 is 1.06 bits per heavy atom. The summed E-state index contributed by atoms with van der Waals surface area (Å²) in [5.41, 5.74) is 4.41. The summed E-state index contributed by atoms with van der Waals surface area (Å²) < 4.78 is 0. The summed E-state index contributed by atoms with van der Waals surface area (Å²) in [4.78, 5) is 29.9. The molecular formula is C25H21ClN2O2S. The van der Waals surface area contributed by atoms with Gasteiger partial charge < -0.3 is 9.80 Å². The van der Waals surface area contributed by atoms with E-state index < -0.39 is 4.87 Å². The molecule has 0 saturated carbocycles. The van der Waals surface area contributed by atoms with Crippen molar-refractivity contribution in [2.45, 2.75) is 18.3 Å². The van der Waals surface area contributed by atoms with Crippen LogP contribution >= 0.6 is 23.4 Å². The predicted molar refractivity (Wildman–Crippen MR) is 125 cm³/mol. The highest BCUT2D eigenvalue weighted by molar-refractivity contribution is 8.01. The van der Waals surface area contributed by atoms with Crippen molar-refractivity contribution in [3.63, 3.8) is 0 Å². The van der Waals surface area contributed by atoms with E-state index in [1.165, 1.54) is 17.3 Å². The first kappa shape index (κ1) is 20.2. The highest BCUT2D eigenvalue weighted by Gasteiger charge is 2.59. The number of hydrogen-bond acceptors (Lipinski definition) is 3. The molecule has 1 spiro atoms. The van der Waals surface area contributed by atoms with E-state index in [-0.39, 0.29) is 11.8 Å². The number of fused-ring (bicyclic) bond motifs is 2. The van der Waals surface area contributed by atoms with E-state index in [1.54, 1.807) is 28.0 Å². The number of aryl methyl sites for hydroxylation is 1. The first-order valence-corrected chi connectivity index (χ1v) is 11.6. The van der Waals surface area contributed by atoms with E-state index in [1.807, 2.05) is 61.5 Å². The molecule has 0 aromatic heterocycles. The molecule has 3 aromatic rings. The standard InChI is InChI=1S/C25H21ClN2O2S/c1-17-7-9-18(10-8-17)16-27-22-12-11-20(26)15-21(22)25(24(27)30)28(13-14-31-25)23(29)19-5-3-2-4-6-19/h2-12,15H,13-14,16H2,1H3/t25-/m0/s1. The van der Waals surface area contributed by atoms with Crippen LogP contribution in [0, 0.1) is 6.92 Å². The van der Waals surface area contributed by atoms with Gasteiger partial charge in [0.1, 0.15) is 0 Å². The van der Waals surface area contributed by atoms with Gasteiger partial charge in [-0.15, -0.1) is 11.8 Å². The van der Waals surface area contributed by atoms with Gasteiger partial charge in [-0.2, -0.15) is 0 Å². The third-order valence-corrected chi connectivity index (χ3v) is 7.54. The van der Waals surface area contributed by atoms with E-state index in [4.69, 9.17) is 11.6 Å². The zero-order chi connectivity index (χ0) is 21.6. The van der Waals surface area contributed by atoms with Crippen LogP contribution in [0.25, 0.3) is 0 Å². The van der Waals surface area contributed by atoms with Crippen molar-refractivity contribution < 1.29 is 9.59 Å². The van der Waals surface area contributed by atoms with E-state index in [9.17, 15) is 9.59 Å². The van der Waals surface area contributed by atoms with E-state index in [0.29, 0.717) is 29.4 Å². The van der Waals surface area contributed by atoms with Crippen molar-refractivity contribution in [2.75, 3.05) is 17.2 Å². The molecular weight excluding hydrogens is 428 g/mol. The van der Waals surface area contributed by atoms with Crippen molar-refractivity contribution in [1.29, 1.82) is 0 Å². The first-order chi connectivity index (χ1) is 15.0. The van der Waals surface area contributed by atoms with Gasteiger partial charge in [-0.05, 0) is 42.8 Å². The molecule has 6 heteroatoms. The van der Waals surface area contributed by atoms with Crippen LogP contribution in [0.1, 0.15) is 27.0 Å². The molecule has 0 N–H and O–H groups in total.